The van der Waals surface area contributed by atoms with Crippen molar-refractivity contribution in [1.82, 2.24) is 5.43 Å². The maximum absolute atomic E-state index is 13.5. The van der Waals surface area contributed by atoms with Crippen molar-refractivity contribution < 1.29 is 23.8 Å². The van der Waals surface area contributed by atoms with Crippen molar-refractivity contribution in [2.75, 3.05) is 11.9 Å². The highest BCUT2D eigenvalue weighted by atomic mass is 79.9. The number of hydrazone groups is 1. The number of hydrogen-bond acceptors (Lipinski definition) is 5. The van der Waals surface area contributed by atoms with Crippen molar-refractivity contribution in [3.05, 3.63) is 52.3 Å². The highest BCUT2D eigenvalue weighted by Gasteiger charge is 2.10. The number of halogens is 2. The second-order valence-electron chi connectivity index (χ2n) is 5.60. The van der Waals surface area contributed by atoms with Gasteiger partial charge in [0.15, 0.2) is 11.5 Å². The Morgan fingerprint density at radius 2 is 1.96 bits per heavy atom. The van der Waals surface area contributed by atoms with Gasteiger partial charge in [0.2, 0.25) is 11.8 Å². The van der Waals surface area contributed by atoms with Crippen LogP contribution in [0.3, 0.4) is 0 Å². The maximum atomic E-state index is 13.5. The zero-order valence-corrected chi connectivity index (χ0v) is 16.6. The van der Waals surface area contributed by atoms with Gasteiger partial charge >= 0.3 is 0 Å². The van der Waals surface area contributed by atoms with Crippen LogP contribution in [-0.2, 0) is 9.59 Å². The highest BCUT2D eigenvalue weighted by Crippen LogP contribution is 2.35. The quantitative estimate of drug-likeness (QED) is 0.421. The molecule has 2 rings (SSSR count). The van der Waals surface area contributed by atoms with Gasteiger partial charge in [-0.1, -0.05) is 12.1 Å². The van der Waals surface area contributed by atoms with E-state index in [-0.39, 0.29) is 30.0 Å². The lowest BCUT2D eigenvalue weighted by atomic mass is 10.2. The van der Waals surface area contributed by atoms with E-state index in [1.807, 2.05) is 0 Å². The number of benzene rings is 2. The molecule has 0 fully saturated rings. The third-order valence-corrected chi connectivity index (χ3v) is 4.09. The Labute approximate surface area is 169 Å². The average molecular weight is 452 g/mol. The molecule has 3 N–H and O–H groups in total. The minimum absolute atomic E-state index is 0.0242. The second kappa shape index (κ2) is 10.4. The number of carbonyl (C=O) groups is 2. The summed E-state index contributed by atoms with van der Waals surface area (Å²) in [6.45, 7) is 2.17. The van der Waals surface area contributed by atoms with Gasteiger partial charge in [0, 0.05) is 12.8 Å². The molecule has 2 aromatic carbocycles. The number of phenolic OH excluding ortho intramolecular Hbond substituents is 1. The number of anilines is 1. The van der Waals surface area contributed by atoms with Crippen LogP contribution in [0.2, 0.25) is 0 Å². The van der Waals surface area contributed by atoms with Crippen LogP contribution in [0.5, 0.6) is 11.5 Å². The first kappa shape index (κ1) is 21.4. The number of aromatic hydroxyl groups is 1. The zero-order chi connectivity index (χ0) is 20.5. The van der Waals surface area contributed by atoms with Crippen LogP contribution in [0.25, 0.3) is 0 Å². The monoisotopic (exact) mass is 451 g/mol. The number of amides is 2. The summed E-state index contributed by atoms with van der Waals surface area (Å²) in [5.74, 6) is -1.23. The number of nitrogens with one attached hydrogen (secondary N) is 2. The van der Waals surface area contributed by atoms with Gasteiger partial charge in [0.1, 0.15) is 5.82 Å². The summed E-state index contributed by atoms with van der Waals surface area (Å²) < 4.78 is 19.2. The van der Waals surface area contributed by atoms with E-state index in [4.69, 9.17) is 4.74 Å². The molecule has 7 nitrogen and oxygen atoms in total. The van der Waals surface area contributed by atoms with Gasteiger partial charge in [-0.05, 0) is 52.7 Å². The molecule has 0 spiro atoms. The fourth-order valence-corrected chi connectivity index (χ4v) is 2.63. The van der Waals surface area contributed by atoms with E-state index in [9.17, 15) is 19.1 Å². The first-order chi connectivity index (χ1) is 13.4. The Hall–Kier alpha value is -2.94. The smallest absolute Gasteiger partial charge is 0.240 e. The minimum Gasteiger partial charge on any atom is -0.503 e. The molecular formula is C19H19BrFN3O4. The largest absolute Gasteiger partial charge is 0.503 e. The van der Waals surface area contributed by atoms with Gasteiger partial charge in [-0.3, -0.25) is 9.59 Å². The van der Waals surface area contributed by atoms with E-state index >= 15 is 0 Å². The van der Waals surface area contributed by atoms with Gasteiger partial charge in [-0.2, -0.15) is 5.10 Å². The van der Waals surface area contributed by atoms with E-state index in [0.29, 0.717) is 16.6 Å². The van der Waals surface area contributed by atoms with E-state index in [1.165, 1.54) is 24.4 Å². The Morgan fingerprint density at radius 3 is 2.68 bits per heavy atom. The number of ether oxygens (including phenoxy) is 1. The van der Waals surface area contributed by atoms with Crippen LogP contribution in [-0.4, -0.2) is 29.7 Å². The summed E-state index contributed by atoms with van der Waals surface area (Å²) in [6, 6.07) is 8.95. The second-order valence-corrected chi connectivity index (χ2v) is 6.46. The normalized spacial score (nSPS) is 10.7. The number of carbonyl (C=O) groups excluding carboxylic acids is 2. The SMILES string of the molecule is CCOc1cc(C=NNC(=O)CCC(=O)Nc2ccccc2F)cc(Br)c1O. The van der Waals surface area contributed by atoms with Crippen molar-refractivity contribution in [3.63, 3.8) is 0 Å². The fourth-order valence-electron chi connectivity index (χ4n) is 2.17. The molecule has 148 valence electrons. The minimum atomic E-state index is -0.545. The molecule has 2 aromatic rings. The Balaban J connectivity index is 1.83. The van der Waals surface area contributed by atoms with Crippen LogP contribution < -0.4 is 15.5 Å². The van der Waals surface area contributed by atoms with Gasteiger partial charge in [0.05, 0.1) is 23.0 Å². The van der Waals surface area contributed by atoms with Crippen molar-refractivity contribution >= 4 is 39.6 Å². The van der Waals surface area contributed by atoms with Crippen LogP contribution in [0, 0.1) is 5.82 Å². The van der Waals surface area contributed by atoms with Crippen LogP contribution in [0.1, 0.15) is 25.3 Å². The lowest BCUT2D eigenvalue weighted by molar-refractivity contribution is -0.124. The lowest BCUT2D eigenvalue weighted by Crippen LogP contribution is -2.21. The summed E-state index contributed by atoms with van der Waals surface area (Å²) in [5.41, 5.74) is 2.96. The van der Waals surface area contributed by atoms with Gasteiger partial charge < -0.3 is 15.2 Å². The molecule has 0 saturated heterocycles. The number of hydrogen-bond donors (Lipinski definition) is 3. The van der Waals surface area contributed by atoms with E-state index in [0.717, 1.165) is 0 Å². The van der Waals surface area contributed by atoms with Crippen molar-refractivity contribution in [1.29, 1.82) is 0 Å². The number of nitrogens with zero attached hydrogens (tertiary/aromatic N) is 1. The van der Waals surface area contributed by atoms with Crippen LogP contribution >= 0.6 is 15.9 Å². The van der Waals surface area contributed by atoms with E-state index in [1.54, 1.807) is 25.1 Å². The molecule has 0 radical (unpaired) electrons. The first-order valence-electron chi connectivity index (χ1n) is 8.42. The standard InChI is InChI=1S/C19H19BrFN3O4/c1-2-28-16-10-12(9-13(20)19(16)27)11-22-24-18(26)8-7-17(25)23-15-6-4-3-5-14(15)21/h3-6,9-11,27H,2,7-8H2,1H3,(H,23,25)(H,24,26). The van der Waals surface area contributed by atoms with E-state index in [2.05, 4.69) is 31.8 Å². The summed E-state index contributed by atoms with van der Waals surface area (Å²) in [6.07, 6.45) is 1.15. The average Bonchev–Trinajstić information content (AvgIpc) is 2.66. The predicted octanol–water partition coefficient (Wildman–Crippen LogP) is 3.56. The molecule has 2 amide bonds. The fraction of sp³-hybridized carbons (Fsp3) is 0.211. The Morgan fingerprint density at radius 1 is 1.25 bits per heavy atom. The summed E-state index contributed by atoms with van der Waals surface area (Å²) >= 11 is 3.21. The van der Waals surface area contributed by atoms with Gasteiger partial charge in [-0.25, -0.2) is 9.82 Å². The van der Waals surface area contributed by atoms with E-state index < -0.39 is 17.6 Å². The summed E-state index contributed by atoms with van der Waals surface area (Å²) in [4.78, 5) is 23.6. The molecule has 0 aliphatic heterocycles. The molecule has 0 heterocycles. The van der Waals surface area contributed by atoms with Crippen molar-refractivity contribution in [3.8, 4) is 11.5 Å². The lowest BCUT2D eigenvalue weighted by Gasteiger charge is -2.08. The Kier molecular flexibility index (Phi) is 7.94. The first-order valence-corrected chi connectivity index (χ1v) is 9.21. The molecule has 9 heteroatoms. The van der Waals surface area contributed by atoms with Crippen molar-refractivity contribution in [2.45, 2.75) is 19.8 Å². The molecule has 0 atom stereocenters. The summed E-state index contributed by atoms with van der Waals surface area (Å²) in [7, 11) is 0. The molecular weight excluding hydrogens is 433 g/mol. The predicted molar refractivity (Wildman–Crippen MR) is 107 cm³/mol. The zero-order valence-electron chi connectivity index (χ0n) is 15.0. The third-order valence-electron chi connectivity index (χ3n) is 3.48. The van der Waals surface area contributed by atoms with Gasteiger partial charge in [0.25, 0.3) is 0 Å². The van der Waals surface area contributed by atoms with Crippen LogP contribution in [0.4, 0.5) is 10.1 Å². The Bertz CT molecular complexity index is 889. The molecule has 0 aromatic heterocycles. The van der Waals surface area contributed by atoms with Crippen molar-refractivity contribution in [2.24, 2.45) is 5.10 Å². The molecule has 0 bridgehead atoms. The molecule has 28 heavy (non-hydrogen) atoms. The number of phenols is 1. The van der Waals surface area contributed by atoms with Gasteiger partial charge in [-0.15, -0.1) is 0 Å². The summed E-state index contributed by atoms with van der Waals surface area (Å²) in [5, 5.41) is 16.1. The van der Waals surface area contributed by atoms with Crippen LogP contribution in [0.15, 0.2) is 46.0 Å². The number of para-hydroxylation sites is 1. The molecule has 0 aliphatic carbocycles. The molecule has 0 aliphatic rings. The molecule has 0 unspecified atom stereocenters. The highest BCUT2D eigenvalue weighted by molar-refractivity contribution is 9.10. The number of rotatable bonds is 8. The molecule has 0 saturated carbocycles. The maximum Gasteiger partial charge on any atom is 0.240 e. The third kappa shape index (κ3) is 6.34. The topological polar surface area (TPSA) is 100 Å².